The molecule has 1 aromatic rings. The van der Waals surface area contributed by atoms with Gasteiger partial charge in [0.25, 0.3) is 0 Å². The van der Waals surface area contributed by atoms with Gasteiger partial charge in [0.05, 0.1) is 6.20 Å². The Kier molecular flexibility index (Phi) is 2.50. The second-order valence-electron chi connectivity index (χ2n) is 3.04. The molecule has 0 aliphatic carbocycles. The number of hydrogen-bond acceptors (Lipinski definition) is 3. The first-order valence-electron chi connectivity index (χ1n) is 3.89. The minimum absolute atomic E-state index is 0.363. The van der Waals surface area contributed by atoms with Gasteiger partial charge in [-0.15, -0.1) is 5.10 Å². The summed E-state index contributed by atoms with van der Waals surface area (Å²) in [5.41, 5.74) is -0.708. The van der Waals surface area contributed by atoms with E-state index >= 15 is 0 Å². The maximum Gasteiger partial charge on any atom is 0.385 e. The van der Waals surface area contributed by atoms with Crippen LogP contribution in [0.25, 0.3) is 0 Å². The molecule has 0 saturated heterocycles. The molecule has 1 rings (SSSR count). The lowest BCUT2D eigenvalue weighted by Gasteiger charge is -2.14. The van der Waals surface area contributed by atoms with E-state index in [4.69, 9.17) is 5.11 Å². The summed E-state index contributed by atoms with van der Waals surface area (Å²) in [5, 5.41) is 14.9. The molecule has 0 aliphatic heterocycles. The second kappa shape index (κ2) is 3.32. The predicted molar refractivity (Wildman–Crippen MR) is 41.9 cm³/mol. The number of aromatic nitrogens is 3. The Morgan fingerprint density at radius 1 is 1.64 bits per heavy atom. The molecule has 0 amide bonds. The van der Waals surface area contributed by atoms with Crippen LogP contribution in [0.2, 0.25) is 0 Å². The number of carboxylic acids is 1. The fraction of sp³-hybridized carbons (Fsp3) is 0.571. The summed E-state index contributed by atoms with van der Waals surface area (Å²) in [6.07, 6.45) is 0.758. The summed E-state index contributed by atoms with van der Waals surface area (Å²) in [5.74, 6) is -6.16. The minimum atomic E-state index is -3.95. The van der Waals surface area contributed by atoms with Crippen LogP contribution in [0.5, 0.6) is 0 Å². The third-order valence-electron chi connectivity index (χ3n) is 1.65. The van der Waals surface area contributed by atoms with Gasteiger partial charge in [0.2, 0.25) is 0 Å². The van der Waals surface area contributed by atoms with E-state index < -0.39 is 17.6 Å². The van der Waals surface area contributed by atoms with Gasteiger partial charge in [0.15, 0.2) is 0 Å². The van der Waals surface area contributed by atoms with E-state index in [9.17, 15) is 13.6 Å². The minimum Gasteiger partial charge on any atom is -0.476 e. The van der Waals surface area contributed by atoms with Gasteiger partial charge in [-0.05, 0) is 13.8 Å². The number of alkyl halides is 2. The van der Waals surface area contributed by atoms with Crippen molar-refractivity contribution in [1.82, 2.24) is 15.0 Å². The standard InChI is InChI=1S/C7H9F2N3O2/c1-4(2)12-5(3-10-11-12)7(8,9)6(13)14/h3-4H,1-2H3,(H,13,14). The molecule has 0 aromatic carbocycles. The van der Waals surface area contributed by atoms with Crippen LogP contribution in [-0.2, 0) is 10.7 Å². The van der Waals surface area contributed by atoms with Crippen molar-refractivity contribution in [2.24, 2.45) is 0 Å². The molecule has 7 heteroatoms. The van der Waals surface area contributed by atoms with E-state index in [1.165, 1.54) is 0 Å². The summed E-state index contributed by atoms with van der Waals surface area (Å²) in [4.78, 5) is 10.3. The average Bonchev–Trinajstić information content (AvgIpc) is 2.51. The third-order valence-corrected chi connectivity index (χ3v) is 1.65. The van der Waals surface area contributed by atoms with Crippen LogP contribution in [0, 0.1) is 0 Å². The Morgan fingerprint density at radius 3 is 2.64 bits per heavy atom. The quantitative estimate of drug-likeness (QED) is 0.800. The highest BCUT2D eigenvalue weighted by atomic mass is 19.3. The normalized spacial score (nSPS) is 12.1. The van der Waals surface area contributed by atoms with Crippen LogP contribution in [0.3, 0.4) is 0 Å². The number of nitrogens with zero attached hydrogens (tertiary/aromatic N) is 3. The van der Waals surface area contributed by atoms with Crippen LogP contribution in [0.1, 0.15) is 25.6 Å². The molecule has 1 heterocycles. The summed E-state index contributed by atoms with van der Waals surface area (Å²) in [6.45, 7) is 3.21. The largest absolute Gasteiger partial charge is 0.476 e. The van der Waals surface area contributed by atoms with Crippen molar-refractivity contribution < 1.29 is 18.7 Å². The lowest BCUT2D eigenvalue weighted by Crippen LogP contribution is -2.29. The predicted octanol–water partition coefficient (Wildman–Crippen LogP) is 1.04. The van der Waals surface area contributed by atoms with E-state index in [2.05, 4.69) is 10.3 Å². The molecule has 0 bridgehead atoms. The lowest BCUT2D eigenvalue weighted by molar-refractivity contribution is -0.167. The topological polar surface area (TPSA) is 68.0 Å². The summed E-state index contributed by atoms with van der Waals surface area (Å²) in [6, 6.07) is -0.363. The number of rotatable bonds is 3. The van der Waals surface area contributed by atoms with Crippen LogP contribution < -0.4 is 0 Å². The fourth-order valence-corrected chi connectivity index (χ4v) is 0.959. The number of hydrogen-bond donors (Lipinski definition) is 1. The molecule has 0 unspecified atom stereocenters. The number of carbonyl (C=O) groups is 1. The highest BCUT2D eigenvalue weighted by Crippen LogP contribution is 2.28. The van der Waals surface area contributed by atoms with Crippen molar-refractivity contribution in [2.45, 2.75) is 25.8 Å². The van der Waals surface area contributed by atoms with E-state index in [0.717, 1.165) is 10.9 Å². The molecular weight excluding hydrogens is 196 g/mol. The maximum absolute atomic E-state index is 13.0. The Labute approximate surface area is 78.3 Å². The number of carboxylic acid groups (broad SMARTS) is 1. The lowest BCUT2D eigenvalue weighted by atomic mass is 10.2. The Balaban J connectivity index is 3.18. The molecule has 0 spiro atoms. The van der Waals surface area contributed by atoms with Gasteiger partial charge in [-0.25, -0.2) is 9.48 Å². The van der Waals surface area contributed by atoms with Crippen LogP contribution in [0.4, 0.5) is 8.78 Å². The first-order valence-corrected chi connectivity index (χ1v) is 3.89. The third kappa shape index (κ3) is 1.57. The van der Waals surface area contributed by atoms with Gasteiger partial charge < -0.3 is 5.11 Å². The molecule has 1 aromatic heterocycles. The Bertz CT molecular complexity index is 348. The molecular formula is C7H9F2N3O2. The summed E-state index contributed by atoms with van der Waals surface area (Å²) >= 11 is 0. The molecule has 0 saturated carbocycles. The smallest absolute Gasteiger partial charge is 0.385 e. The van der Waals surface area contributed by atoms with Gasteiger partial charge in [-0.3, -0.25) is 0 Å². The molecule has 0 radical (unpaired) electrons. The van der Waals surface area contributed by atoms with Crippen LogP contribution in [0.15, 0.2) is 6.20 Å². The fourth-order valence-electron chi connectivity index (χ4n) is 0.959. The first-order chi connectivity index (χ1) is 6.37. The van der Waals surface area contributed by atoms with Gasteiger partial charge in [-0.2, -0.15) is 8.78 Å². The van der Waals surface area contributed by atoms with Gasteiger partial charge >= 0.3 is 11.9 Å². The first kappa shape index (κ1) is 10.6. The van der Waals surface area contributed by atoms with E-state index in [-0.39, 0.29) is 6.04 Å². The summed E-state index contributed by atoms with van der Waals surface area (Å²) < 4.78 is 26.9. The van der Waals surface area contributed by atoms with Crippen molar-refractivity contribution in [3.8, 4) is 0 Å². The van der Waals surface area contributed by atoms with Gasteiger partial charge in [-0.1, -0.05) is 5.21 Å². The molecule has 0 atom stereocenters. The molecule has 14 heavy (non-hydrogen) atoms. The van der Waals surface area contributed by atoms with Crippen molar-refractivity contribution in [1.29, 1.82) is 0 Å². The highest BCUT2D eigenvalue weighted by Gasteiger charge is 2.45. The second-order valence-corrected chi connectivity index (χ2v) is 3.04. The molecule has 0 fully saturated rings. The van der Waals surface area contributed by atoms with E-state index in [1.54, 1.807) is 13.8 Å². The summed E-state index contributed by atoms with van der Waals surface area (Å²) in [7, 11) is 0. The molecule has 5 nitrogen and oxygen atoms in total. The van der Waals surface area contributed by atoms with E-state index in [1.807, 2.05) is 0 Å². The zero-order valence-electron chi connectivity index (χ0n) is 7.61. The highest BCUT2D eigenvalue weighted by molar-refractivity contribution is 5.76. The molecule has 1 N–H and O–H groups in total. The zero-order valence-corrected chi connectivity index (χ0v) is 7.61. The number of aliphatic carboxylic acids is 1. The van der Waals surface area contributed by atoms with E-state index in [0.29, 0.717) is 0 Å². The molecule has 0 aliphatic rings. The Hall–Kier alpha value is -1.53. The van der Waals surface area contributed by atoms with Crippen molar-refractivity contribution in [3.05, 3.63) is 11.9 Å². The monoisotopic (exact) mass is 205 g/mol. The Morgan fingerprint density at radius 2 is 2.21 bits per heavy atom. The van der Waals surface area contributed by atoms with Crippen molar-refractivity contribution in [2.75, 3.05) is 0 Å². The maximum atomic E-state index is 13.0. The number of halogens is 2. The van der Waals surface area contributed by atoms with Crippen molar-refractivity contribution in [3.63, 3.8) is 0 Å². The van der Waals surface area contributed by atoms with Gasteiger partial charge in [0.1, 0.15) is 5.69 Å². The zero-order chi connectivity index (χ0) is 10.9. The van der Waals surface area contributed by atoms with Crippen molar-refractivity contribution >= 4 is 5.97 Å². The van der Waals surface area contributed by atoms with Crippen LogP contribution >= 0.6 is 0 Å². The average molecular weight is 205 g/mol. The molecule has 78 valence electrons. The SMILES string of the molecule is CC(C)n1nncc1C(F)(F)C(=O)O. The van der Waals surface area contributed by atoms with Gasteiger partial charge in [0, 0.05) is 6.04 Å². The van der Waals surface area contributed by atoms with Crippen LogP contribution in [-0.4, -0.2) is 26.1 Å².